The molecular weight excluding hydrogens is 436 g/mol. The molecule has 31 heavy (non-hydrogen) atoms. The van der Waals surface area contributed by atoms with Gasteiger partial charge in [0.05, 0.1) is 30.9 Å². The highest BCUT2D eigenvalue weighted by atomic mass is 32.2. The summed E-state index contributed by atoms with van der Waals surface area (Å²) in [6.07, 6.45) is 0.521. The molecule has 0 fully saturated rings. The fourth-order valence-corrected chi connectivity index (χ4v) is 5.34. The molecule has 0 amide bonds. The van der Waals surface area contributed by atoms with Gasteiger partial charge in [-0.2, -0.15) is 9.41 Å². The van der Waals surface area contributed by atoms with Crippen molar-refractivity contribution in [3.63, 3.8) is 0 Å². The maximum absolute atomic E-state index is 13.6. The molecule has 0 saturated carbocycles. The number of nitrogens with one attached hydrogen (secondary N) is 1. The number of aryl methyl sites for hydroxylation is 1. The van der Waals surface area contributed by atoms with Gasteiger partial charge in [0.25, 0.3) is 0 Å². The monoisotopic (exact) mass is 462 g/mol. The predicted molar refractivity (Wildman–Crippen MR) is 124 cm³/mol. The zero-order chi connectivity index (χ0) is 22.8. The van der Waals surface area contributed by atoms with Crippen molar-refractivity contribution in [3.05, 3.63) is 53.1 Å². The van der Waals surface area contributed by atoms with Crippen molar-refractivity contribution < 1.29 is 17.9 Å². The molecule has 1 unspecified atom stereocenters. The average Bonchev–Trinajstić information content (AvgIpc) is 2.75. The van der Waals surface area contributed by atoms with E-state index in [9.17, 15) is 8.42 Å². The Kier molecular flexibility index (Phi) is 6.83. The zero-order valence-electron chi connectivity index (χ0n) is 17.9. The number of nitrogens with zero attached hydrogens (tertiary/aromatic N) is 2. The predicted octanol–water partition coefficient (Wildman–Crippen LogP) is 2.51. The standard InChI is InChI=1S/C21H26N4O4S2/c1-13-5-7-16(8-6-13)31(26,27)25-10-9-15-11-18(28-3)19(29-4)12-17(15)20(25)14(2)23-24-21(22)30/h5-8,11-12,20H,9-10H2,1-4H3,(H3,22,24,30)/b23-14+. The van der Waals surface area contributed by atoms with Gasteiger partial charge in [-0.3, -0.25) is 5.43 Å². The number of hydrogen-bond donors (Lipinski definition) is 2. The topological polar surface area (TPSA) is 106 Å². The summed E-state index contributed by atoms with van der Waals surface area (Å²) in [5.41, 5.74) is 11.3. The molecule has 1 aliphatic rings. The molecule has 1 heterocycles. The van der Waals surface area contributed by atoms with Gasteiger partial charge >= 0.3 is 0 Å². The van der Waals surface area contributed by atoms with Gasteiger partial charge in [0.2, 0.25) is 10.0 Å². The summed E-state index contributed by atoms with van der Waals surface area (Å²) >= 11 is 4.85. The molecule has 1 aliphatic heterocycles. The number of hydrazone groups is 1. The molecule has 2 aromatic carbocycles. The van der Waals surface area contributed by atoms with E-state index in [-0.39, 0.29) is 16.6 Å². The summed E-state index contributed by atoms with van der Waals surface area (Å²) in [4.78, 5) is 0.224. The van der Waals surface area contributed by atoms with E-state index in [0.717, 1.165) is 16.7 Å². The van der Waals surface area contributed by atoms with Crippen LogP contribution in [-0.4, -0.2) is 44.3 Å². The van der Waals surface area contributed by atoms with Crippen molar-refractivity contribution >= 4 is 33.1 Å². The molecule has 10 heteroatoms. The van der Waals surface area contributed by atoms with Gasteiger partial charge in [-0.15, -0.1) is 0 Å². The number of rotatable bonds is 6. The number of sulfonamides is 1. The molecule has 0 spiro atoms. The highest BCUT2D eigenvalue weighted by Gasteiger charge is 2.39. The molecule has 3 rings (SSSR count). The fraction of sp³-hybridized carbons (Fsp3) is 0.333. The molecule has 0 aliphatic carbocycles. The van der Waals surface area contributed by atoms with Crippen LogP contribution in [0, 0.1) is 6.92 Å². The van der Waals surface area contributed by atoms with Crippen LogP contribution in [0.15, 0.2) is 46.4 Å². The van der Waals surface area contributed by atoms with Gasteiger partial charge in [0, 0.05) is 6.54 Å². The van der Waals surface area contributed by atoms with Crippen LogP contribution in [0.1, 0.15) is 29.7 Å². The van der Waals surface area contributed by atoms with E-state index >= 15 is 0 Å². The molecule has 1 atom stereocenters. The third-order valence-corrected chi connectivity index (χ3v) is 7.17. The summed E-state index contributed by atoms with van der Waals surface area (Å²) in [6, 6.07) is 9.81. The fourth-order valence-electron chi connectivity index (χ4n) is 3.67. The molecule has 0 saturated heterocycles. The van der Waals surface area contributed by atoms with Crippen molar-refractivity contribution in [2.45, 2.75) is 31.2 Å². The Hall–Kier alpha value is -2.69. The summed E-state index contributed by atoms with van der Waals surface area (Å²) in [7, 11) is -0.694. The minimum atomic E-state index is -3.80. The number of ether oxygens (including phenoxy) is 2. The lowest BCUT2D eigenvalue weighted by Crippen LogP contribution is -2.43. The summed E-state index contributed by atoms with van der Waals surface area (Å²) in [5, 5.41) is 4.23. The number of methoxy groups -OCH3 is 2. The lowest BCUT2D eigenvalue weighted by Gasteiger charge is -2.36. The van der Waals surface area contributed by atoms with Crippen molar-refractivity contribution in [3.8, 4) is 11.5 Å². The molecule has 166 valence electrons. The van der Waals surface area contributed by atoms with E-state index < -0.39 is 16.1 Å². The van der Waals surface area contributed by atoms with Crippen LogP contribution in [0.3, 0.4) is 0 Å². The SMILES string of the molecule is COc1cc2c(cc1OC)C(/C(C)=N/NC(N)=S)N(S(=O)(=O)c1ccc(C)cc1)CC2. The van der Waals surface area contributed by atoms with Crippen LogP contribution in [0.2, 0.25) is 0 Å². The Morgan fingerprint density at radius 1 is 1.19 bits per heavy atom. The molecule has 8 nitrogen and oxygen atoms in total. The summed E-state index contributed by atoms with van der Waals surface area (Å²) in [5.74, 6) is 1.10. The second-order valence-electron chi connectivity index (χ2n) is 7.22. The Balaban J connectivity index is 2.17. The van der Waals surface area contributed by atoms with Crippen LogP contribution >= 0.6 is 12.2 Å². The normalized spacial score (nSPS) is 17.0. The Labute approximate surface area is 188 Å². The van der Waals surface area contributed by atoms with Crippen LogP contribution in [0.25, 0.3) is 0 Å². The zero-order valence-corrected chi connectivity index (χ0v) is 19.5. The van der Waals surface area contributed by atoms with E-state index in [0.29, 0.717) is 23.6 Å². The second kappa shape index (κ2) is 9.21. The largest absolute Gasteiger partial charge is 0.493 e. The molecule has 0 bridgehead atoms. The lowest BCUT2D eigenvalue weighted by molar-refractivity contribution is 0.342. The van der Waals surface area contributed by atoms with Gasteiger partial charge in [-0.1, -0.05) is 17.7 Å². The molecular formula is C21H26N4O4S2. The first kappa shape index (κ1) is 23.0. The molecule has 2 aromatic rings. The maximum atomic E-state index is 13.6. The Bertz CT molecular complexity index is 1110. The van der Waals surface area contributed by atoms with Crippen molar-refractivity contribution in [1.29, 1.82) is 0 Å². The van der Waals surface area contributed by atoms with E-state index in [1.165, 1.54) is 11.4 Å². The minimum Gasteiger partial charge on any atom is -0.493 e. The first-order valence-electron chi connectivity index (χ1n) is 9.62. The highest BCUT2D eigenvalue weighted by molar-refractivity contribution is 7.89. The highest BCUT2D eigenvalue weighted by Crippen LogP contribution is 2.40. The van der Waals surface area contributed by atoms with Gasteiger partial charge < -0.3 is 15.2 Å². The average molecular weight is 463 g/mol. The number of fused-ring (bicyclic) bond motifs is 1. The second-order valence-corrected chi connectivity index (χ2v) is 9.55. The number of hydrogen-bond acceptors (Lipinski definition) is 6. The summed E-state index contributed by atoms with van der Waals surface area (Å²) < 4.78 is 39.5. The van der Waals surface area contributed by atoms with Crippen LogP contribution in [0.4, 0.5) is 0 Å². The van der Waals surface area contributed by atoms with Gasteiger partial charge in [-0.05, 0) is 67.9 Å². The summed E-state index contributed by atoms with van der Waals surface area (Å²) in [6.45, 7) is 3.93. The first-order valence-corrected chi connectivity index (χ1v) is 11.5. The van der Waals surface area contributed by atoms with Crippen molar-refractivity contribution in [2.75, 3.05) is 20.8 Å². The maximum Gasteiger partial charge on any atom is 0.243 e. The van der Waals surface area contributed by atoms with Gasteiger partial charge in [0.1, 0.15) is 0 Å². The van der Waals surface area contributed by atoms with E-state index in [1.807, 2.05) is 13.0 Å². The number of thiocarbonyl (C=S) groups is 1. The quantitative estimate of drug-likeness (QED) is 0.386. The lowest BCUT2D eigenvalue weighted by atomic mass is 9.91. The Morgan fingerprint density at radius 2 is 1.81 bits per heavy atom. The minimum absolute atomic E-state index is 0.00404. The van der Waals surface area contributed by atoms with Crippen molar-refractivity contribution in [1.82, 2.24) is 9.73 Å². The van der Waals surface area contributed by atoms with Gasteiger partial charge in [0.15, 0.2) is 16.6 Å². The first-order chi connectivity index (χ1) is 14.7. The Morgan fingerprint density at radius 3 is 2.39 bits per heavy atom. The van der Waals surface area contributed by atoms with Crippen LogP contribution < -0.4 is 20.6 Å². The smallest absolute Gasteiger partial charge is 0.243 e. The number of nitrogens with two attached hydrogens (primary N) is 1. The molecule has 3 N–H and O–H groups in total. The van der Waals surface area contributed by atoms with E-state index in [2.05, 4.69) is 10.5 Å². The third kappa shape index (κ3) is 4.65. The van der Waals surface area contributed by atoms with Crippen molar-refractivity contribution in [2.24, 2.45) is 10.8 Å². The molecule has 0 radical (unpaired) electrons. The van der Waals surface area contributed by atoms with Crippen LogP contribution in [-0.2, 0) is 16.4 Å². The van der Waals surface area contributed by atoms with Crippen LogP contribution in [0.5, 0.6) is 11.5 Å². The number of benzene rings is 2. The van der Waals surface area contributed by atoms with E-state index in [1.54, 1.807) is 44.4 Å². The third-order valence-electron chi connectivity index (χ3n) is 5.20. The van der Waals surface area contributed by atoms with E-state index in [4.69, 9.17) is 27.4 Å². The van der Waals surface area contributed by atoms with Gasteiger partial charge in [-0.25, -0.2) is 8.42 Å². The molecule has 0 aromatic heterocycles.